The fourth-order valence-electron chi connectivity index (χ4n) is 3.13. The molecule has 1 heterocycles. The van der Waals surface area contributed by atoms with Crippen molar-refractivity contribution in [3.05, 3.63) is 69.7 Å². The Bertz CT molecular complexity index is 996. The second-order valence-electron chi connectivity index (χ2n) is 8.06. The molecule has 2 amide bonds. The molecule has 158 valence electrons. The highest BCUT2D eigenvalue weighted by molar-refractivity contribution is 6.31. The first-order valence-corrected chi connectivity index (χ1v) is 10.4. The van der Waals surface area contributed by atoms with Crippen molar-refractivity contribution in [1.29, 1.82) is 0 Å². The summed E-state index contributed by atoms with van der Waals surface area (Å²) in [6.07, 6.45) is 2.29. The van der Waals surface area contributed by atoms with Gasteiger partial charge in [0.05, 0.1) is 5.69 Å². The van der Waals surface area contributed by atoms with E-state index in [1.807, 2.05) is 32.9 Å². The highest BCUT2D eigenvalue weighted by Gasteiger charge is 2.24. The molecule has 0 fully saturated rings. The van der Waals surface area contributed by atoms with Crippen LogP contribution in [0.2, 0.25) is 10.0 Å². The van der Waals surface area contributed by atoms with Gasteiger partial charge in [-0.2, -0.15) is 0 Å². The lowest BCUT2D eigenvalue weighted by atomic mass is 9.97. The molecule has 0 bridgehead atoms. The maximum atomic E-state index is 12.7. The van der Waals surface area contributed by atoms with Gasteiger partial charge in [-0.3, -0.25) is 4.79 Å². The number of benzene rings is 2. The van der Waals surface area contributed by atoms with E-state index < -0.39 is 5.60 Å². The summed E-state index contributed by atoms with van der Waals surface area (Å²) in [7, 11) is 0. The Morgan fingerprint density at radius 3 is 2.43 bits per heavy atom. The van der Waals surface area contributed by atoms with Gasteiger partial charge in [-0.05, 0) is 63.1 Å². The van der Waals surface area contributed by atoms with E-state index in [4.69, 9.17) is 27.9 Å². The van der Waals surface area contributed by atoms with E-state index in [0.29, 0.717) is 40.8 Å². The number of carbonyl (C=O) groups is 2. The Morgan fingerprint density at radius 1 is 1.07 bits per heavy atom. The standard InChI is InChI=1S/C23H24Cl2N2O3/c1-23(2,3)30-22(29)27-11-9-15(10-12-27)19-8-7-18(25)14-20(19)26-21(28)16-5-4-6-17(24)13-16/h4-9,13-14H,10-12H2,1-3H3,(H,26,28). The Morgan fingerprint density at radius 2 is 1.80 bits per heavy atom. The summed E-state index contributed by atoms with van der Waals surface area (Å²) in [5.74, 6) is -0.271. The van der Waals surface area contributed by atoms with Crippen LogP contribution in [0.5, 0.6) is 0 Å². The number of halogens is 2. The Hall–Kier alpha value is -2.50. The molecule has 0 unspecified atom stereocenters. The van der Waals surface area contributed by atoms with Gasteiger partial charge in [-0.25, -0.2) is 4.79 Å². The topological polar surface area (TPSA) is 58.6 Å². The van der Waals surface area contributed by atoms with Crippen molar-refractivity contribution >= 4 is 46.5 Å². The third-order valence-electron chi connectivity index (χ3n) is 4.52. The predicted molar refractivity (Wildman–Crippen MR) is 121 cm³/mol. The lowest BCUT2D eigenvalue weighted by Crippen LogP contribution is -2.39. The van der Waals surface area contributed by atoms with Crippen LogP contribution in [0.4, 0.5) is 10.5 Å². The third-order valence-corrected chi connectivity index (χ3v) is 4.99. The number of rotatable bonds is 3. The molecule has 3 rings (SSSR count). The number of amides is 2. The molecule has 1 aliphatic heterocycles. The molecule has 0 atom stereocenters. The van der Waals surface area contributed by atoms with E-state index in [-0.39, 0.29) is 12.0 Å². The zero-order chi connectivity index (χ0) is 21.9. The van der Waals surface area contributed by atoms with E-state index in [1.165, 1.54) is 0 Å². The van der Waals surface area contributed by atoms with Crippen LogP contribution in [-0.4, -0.2) is 35.6 Å². The SMILES string of the molecule is CC(C)(C)OC(=O)N1CC=C(c2ccc(Cl)cc2NC(=O)c2cccc(Cl)c2)CC1. The fourth-order valence-corrected chi connectivity index (χ4v) is 3.49. The number of hydrogen-bond acceptors (Lipinski definition) is 3. The molecule has 1 aliphatic rings. The number of anilines is 1. The first-order valence-electron chi connectivity index (χ1n) is 9.66. The smallest absolute Gasteiger partial charge is 0.410 e. The zero-order valence-corrected chi connectivity index (χ0v) is 18.7. The van der Waals surface area contributed by atoms with Crippen LogP contribution in [0, 0.1) is 0 Å². The molecule has 5 nitrogen and oxygen atoms in total. The van der Waals surface area contributed by atoms with Crippen LogP contribution in [-0.2, 0) is 4.74 Å². The molecular formula is C23H24Cl2N2O3. The molecule has 2 aromatic rings. The Balaban J connectivity index is 1.79. The first-order chi connectivity index (χ1) is 14.1. The Labute approximate surface area is 186 Å². The van der Waals surface area contributed by atoms with Crippen molar-refractivity contribution in [2.45, 2.75) is 32.8 Å². The van der Waals surface area contributed by atoms with Gasteiger partial charge in [0, 0.05) is 34.3 Å². The van der Waals surface area contributed by atoms with Gasteiger partial charge in [0.15, 0.2) is 0 Å². The van der Waals surface area contributed by atoms with Gasteiger partial charge in [-0.1, -0.05) is 41.4 Å². The monoisotopic (exact) mass is 446 g/mol. The third kappa shape index (κ3) is 5.77. The molecule has 0 aliphatic carbocycles. The summed E-state index contributed by atoms with van der Waals surface area (Å²) in [6.45, 7) is 6.51. The summed E-state index contributed by atoms with van der Waals surface area (Å²) >= 11 is 12.2. The van der Waals surface area contributed by atoms with Crippen LogP contribution < -0.4 is 5.32 Å². The summed E-state index contributed by atoms with van der Waals surface area (Å²) in [5.41, 5.74) is 2.45. The molecule has 7 heteroatoms. The van der Waals surface area contributed by atoms with Crippen LogP contribution in [0.1, 0.15) is 43.1 Å². The lowest BCUT2D eigenvalue weighted by Gasteiger charge is -2.30. The van der Waals surface area contributed by atoms with Crippen LogP contribution in [0.3, 0.4) is 0 Å². The highest BCUT2D eigenvalue weighted by atomic mass is 35.5. The minimum Gasteiger partial charge on any atom is -0.444 e. The maximum Gasteiger partial charge on any atom is 0.410 e. The van der Waals surface area contributed by atoms with Gasteiger partial charge >= 0.3 is 6.09 Å². The molecule has 30 heavy (non-hydrogen) atoms. The molecule has 0 aromatic heterocycles. The van der Waals surface area contributed by atoms with E-state index in [0.717, 1.165) is 11.1 Å². The van der Waals surface area contributed by atoms with Gasteiger partial charge in [0.1, 0.15) is 5.60 Å². The van der Waals surface area contributed by atoms with Gasteiger partial charge < -0.3 is 15.0 Å². The van der Waals surface area contributed by atoms with Crippen LogP contribution in [0.15, 0.2) is 48.5 Å². The van der Waals surface area contributed by atoms with E-state index >= 15 is 0 Å². The maximum absolute atomic E-state index is 12.7. The quantitative estimate of drug-likeness (QED) is 0.603. The van der Waals surface area contributed by atoms with E-state index in [1.54, 1.807) is 41.3 Å². The van der Waals surface area contributed by atoms with Crippen LogP contribution in [0.25, 0.3) is 5.57 Å². The average molecular weight is 447 g/mol. The first kappa shape index (κ1) is 22.2. The van der Waals surface area contributed by atoms with Crippen molar-refractivity contribution in [3.8, 4) is 0 Å². The molecule has 0 spiro atoms. The number of nitrogens with one attached hydrogen (secondary N) is 1. The van der Waals surface area contributed by atoms with Crippen molar-refractivity contribution in [1.82, 2.24) is 4.90 Å². The van der Waals surface area contributed by atoms with E-state index in [2.05, 4.69) is 5.32 Å². The van der Waals surface area contributed by atoms with Crippen molar-refractivity contribution in [2.24, 2.45) is 0 Å². The predicted octanol–water partition coefficient (Wildman–Crippen LogP) is 6.27. The molecule has 0 radical (unpaired) electrons. The zero-order valence-electron chi connectivity index (χ0n) is 17.2. The minimum atomic E-state index is -0.533. The van der Waals surface area contributed by atoms with Gasteiger partial charge in [-0.15, -0.1) is 0 Å². The second kappa shape index (κ2) is 9.11. The van der Waals surface area contributed by atoms with E-state index in [9.17, 15) is 9.59 Å². The van der Waals surface area contributed by atoms with Crippen LogP contribution >= 0.6 is 23.2 Å². The molecule has 2 aromatic carbocycles. The van der Waals surface area contributed by atoms with Gasteiger partial charge in [0.25, 0.3) is 5.91 Å². The molecular weight excluding hydrogens is 423 g/mol. The number of nitrogens with zero attached hydrogens (tertiary/aromatic N) is 1. The largest absolute Gasteiger partial charge is 0.444 e. The number of ether oxygens (including phenoxy) is 1. The Kier molecular flexibility index (Phi) is 6.74. The molecule has 0 saturated heterocycles. The summed E-state index contributed by atoms with van der Waals surface area (Å²) in [6, 6.07) is 12.1. The van der Waals surface area contributed by atoms with Crippen molar-refractivity contribution in [3.63, 3.8) is 0 Å². The number of hydrogen-bond donors (Lipinski definition) is 1. The summed E-state index contributed by atoms with van der Waals surface area (Å²) in [5, 5.41) is 3.94. The second-order valence-corrected chi connectivity index (χ2v) is 8.93. The van der Waals surface area contributed by atoms with Crippen molar-refractivity contribution in [2.75, 3.05) is 18.4 Å². The lowest BCUT2D eigenvalue weighted by molar-refractivity contribution is 0.0270. The number of carbonyl (C=O) groups excluding carboxylic acids is 2. The minimum absolute atomic E-state index is 0.271. The summed E-state index contributed by atoms with van der Waals surface area (Å²) < 4.78 is 5.44. The van der Waals surface area contributed by atoms with Gasteiger partial charge in [0.2, 0.25) is 0 Å². The molecule has 0 saturated carbocycles. The highest BCUT2D eigenvalue weighted by Crippen LogP contribution is 2.32. The molecule has 1 N–H and O–H groups in total. The normalized spacial score (nSPS) is 14.2. The fraction of sp³-hybridized carbons (Fsp3) is 0.304. The average Bonchev–Trinajstić information content (AvgIpc) is 2.67. The summed E-state index contributed by atoms with van der Waals surface area (Å²) in [4.78, 5) is 26.6. The van der Waals surface area contributed by atoms with Crippen molar-refractivity contribution < 1.29 is 14.3 Å².